The van der Waals surface area contributed by atoms with Crippen LogP contribution in [0.3, 0.4) is 0 Å². The van der Waals surface area contributed by atoms with Crippen LogP contribution in [-0.4, -0.2) is 29.4 Å². The van der Waals surface area contributed by atoms with E-state index in [0.29, 0.717) is 24.5 Å². The molecule has 3 nitrogen and oxygen atoms in total. The SMILES string of the molecule is CCCOc1cccc(C(=O)C2CC3CCC(C2)N3Cc2ccccc2)c1. The molecule has 0 aliphatic carbocycles. The summed E-state index contributed by atoms with van der Waals surface area (Å²) in [5.74, 6) is 1.26. The van der Waals surface area contributed by atoms with Crippen LogP contribution in [-0.2, 0) is 6.54 Å². The van der Waals surface area contributed by atoms with Crippen LogP contribution in [0, 0.1) is 5.92 Å². The summed E-state index contributed by atoms with van der Waals surface area (Å²) in [6.07, 6.45) is 5.40. The molecule has 27 heavy (non-hydrogen) atoms. The first-order valence-electron chi connectivity index (χ1n) is 10.3. The molecule has 0 saturated carbocycles. The molecule has 0 spiro atoms. The molecule has 3 heteroatoms. The standard InChI is InChI=1S/C24H29NO2/c1-2-13-27-23-10-6-9-19(16-23)24(26)20-14-21-11-12-22(15-20)25(21)17-18-7-4-3-5-8-18/h3-10,16,20-22H,2,11-15,17H2,1H3. The molecule has 2 heterocycles. The van der Waals surface area contributed by atoms with Crippen molar-refractivity contribution in [3.63, 3.8) is 0 Å². The molecule has 2 aliphatic rings. The van der Waals surface area contributed by atoms with E-state index in [0.717, 1.165) is 37.1 Å². The van der Waals surface area contributed by atoms with Gasteiger partial charge in [0.05, 0.1) is 6.61 Å². The quantitative estimate of drug-likeness (QED) is 0.641. The number of Topliss-reactive ketones (excluding diaryl/α,β-unsaturated/α-hetero) is 1. The minimum Gasteiger partial charge on any atom is -0.494 e. The number of nitrogens with zero attached hydrogens (tertiary/aromatic N) is 1. The maximum Gasteiger partial charge on any atom is 0.166 e. The van der Waals surface area contributed by atoms with E-state index in [4.69, 9.17) is 4.74 Å². The molecular weight excluding hydrogens is 334 g/mol. The molecule has 4 rings (SSSR count). The number of hydrogen-bond acceptors (Lipinski definition) is 3. The van der Waals surface area contributed by atoms with Crippen molar-refractivity contribution in [2.75, 3.05) is 6.61 Å². The van der Waals surface area contributed by atoms with E-state index in [-0.39, 0.29) is 5.92 Å². The van der Waals surface area contributed by atoms with E-state index in [2.05, 4.69) is 42.2 Å². The zero-order valence-corrected chi connectivity index (χ0v) is 16.1. The zero-order chi connectivity index (χ0) is 18.6. The highest BCUT2D eigenvalue weighted by Crippen LogP contribution is 2.40. The summed E-state index contributed by atoms with van der Waals surface area (Å²) in [4.78, 5) is 15.8. The van der Waals surface area contributed by atoms with E-state index in [1.165, 1.54) is 18.4 Å². The lowest BCUT2D eigenvalue weighted by molar-refractivity contribution is 0.0678. The lowest BCUT2D eigenvalue weighted by Crippen LogP contribution is -2.44. The van der Waals surface area contributed by atoms with Gasteiger partial charge in [0.1, 0.15) is 5.75 Å². The molecule has 2 saturated heterocycles. The van der Waals surface area contributed by atoms with Gasteiger partial charge in [0.2, 0.25) is 0 Å². The predicted octanol–water partition coefficient (Wildman–Crippen LogP) is 5.10. The largest absolute Gasteiger partial charge is 0.494 e. The zero-order valence-electron chi connectivity index (χ0n) is 16.1. The number of ether oxygens (including phenoxy) is 1. The second-order valence-electron chi connectivity index (χ2n) is 7.95. The summed E-state index contributed by atoms with van der Waals surface area (Å²) in [5, 5.41) is 0. The van der Waals surface area contributed by atoms with E-state index in [9.17, 15) is 4.79 Å². The van der Waals surface area contributed by atoms with Crippen molar-refractivity contribution in [2.45, 2.75) is 57.7 Å². The van der Waals surface area contributed by atoms with Crippen molar-refractivity contribution < 1.29 is 9.53 Å². The Balaban J connectivity index is 1.43. The minimum absolute atomic E-state index is 0.149. The molecule has 142 valence electrons. The highest BCUT2D eigenvalue weighted by molar-refractivity contribution is 5.98. The number of ketones is 1. The lowest BCUT2D eigenvalue weighted by atomic mass is 9.84. The molecule has 0 radical (unpaired) electrons. The first-order chi connectivity index (χ1) is 13.2. The number of carbonyl (C=O) groups is 1. The highest BCUT2D eigenvalue weighted by Gasteiger charge is 2.42. The third-order valence-electron chi connectivity index (χ3n) is 6.05. The van der Waals surface area contributed by atoms with Crippen LogP contribution >= 0.6 is 0 Å². The van der Waals surface area contributed by atoms with Crippen molar-refractivity contribution in [1.82, 2.24) is 4.90 Å². The monoisotopic (exact) mass is 363 g/mol. The minimum atomic E-state index is 0.149. The van der Waals surface area contributed by atoms with Crippen molar-refractivity contribution in [1.29, 1.82) is 0 Å². The Kier molecular flexibility index (Phi) is 5.58. The van der Waals surface area contributed by atoms with Gasteiger partial charge in [0.25, 0.3) is 0 Å². The average Bonchev–Trinajstić information content (AvgIpc) is 2.94. The van der Waals surface area contributed by atoms with Crippen LogP contribution < -0.4 is 4.74 Å². The van der Waals surface area contributed by atoms with Gasteiger partial charge in [0, 0.05) is 30.1 Å². The number of piperidine rings is 1. The van der Waals surface area contributed by atoms with Crippen LogP contribution in [0.1, 0.15) is 54.9 Å². The molecular formula is C24H29NO2. The van der Waals surface area contributed by atoms with E-state index >= 15 is 0 Å². The second kappa shape index (κ2) is 8.26. The number of benzene rings is 2. The summed E-state index contributed by atoms with van der Waals surface area (Å²) in [5.41, 5.74) is 2.18. The van der Waals surface area contributed by atoms with E-state index in [1.54, 1.807) is 0 Å². The van der Waals surface area contributed by atoms with Gasteiger partial charge in [-0.25, -0.2) is 0 Å². The number of rotatable bonds is 7. The smallest absolute Gasteiger partial charge is 0.166 e. The van der Waals surface area contributed by atoms with Gasteiger partial charge in [-0.2, -0.15) is 0 Å². The number of carbonyl (C=O) groups excluding carboxylic acids is 1. The van der Waals surface area contributed by atoms with Crippen LogP contribution in [0.5, 0.6) is 5.75 Å². The topological polar surface area (TPSA) is 29.5 Å². The fourth-order valence-electron chi connectivity index (χ4n) is 4.74. The fraction of sp³-hybridized carbons (Fsp3) is 0.458. The molecule has 0 aromatic heterocycles. The lowest BCUT2D eigenvalue weighted by Gasteiger charge is -2.38. The third kappa shape index (κ3) is 4.08. The Morgan fingerprint density at radius 2 is 1.78 bits per heavy atom. The van der Waals surface area contributed by atoms with Gasteiger partial charge in [-0.05, 0) is 49.8 Å². The Morgan fingerprint density at radius 3 is 2.48 bits per heavy atom. The molecule has 0 N–H and O–H groups in total. The molecule has 2 fully saturated rings. The average molecular weight is 364 g/mol. The van der Waals surface area contributed by atoms with E-state index < -0.39 is 0 Å². The number of fused-ring (bicyclic) bond motifs is 2. The van der Waals surface area contributed by atoms with Gasteiger partial charge in [-0.1, -0.05) is 49.4 Å². The summed E-state index contributed by atoms with van der Waals surface area (Å²) >= 11 is 0. The summed E-state index contributed by atoms with van der Waals surface area (Å²) < 4.78 is 5.71. The molecule has 2 unspecified atom stereocenters. The van der Waals surface area contributed by atoms with Crippen LogP contribution in [0.2, 0.25) is 0 Å². The summed E-state index contributed by atoms with van der Waals surface area (Å²) in [6.45, 7) is 3.80. The van der Waals surface area contributed by atoms with Crippen LogP contribution in [0.4, 0.5) is 0 Å². The highest BCUT2D eigenvalue weighted by atomic mass is 16.5. The Bertz CT molecular complexity index is 759. The Labute approximate surface area is 162 Å². The predicted molar refractivity (Wildman–Crippen MR) is 108 cm³/mol. The maximum atomic E-state index is 13.1. The molecule has 2 aromatic rings. The summed E-state index contributed by atoms with van der Waals surface area (Å²) in [7, 11) is 0. The van der Waals surface area contributed by atoms with Crippen molar-refractivity contribution in [3.05, 3.63) is 65.7 Å². The Hall–Kier alpha value is -2.13. The number of hydrogen-bond donors (Lipinski definition) is 0. The van der Waals surface area contributed by atoms with Crippen molar-refractivity contribution in [3.8, 4) is 5.75 Å². The fourth-order valence-corrected chi connectivity index (χ4v) is 4.74. The van der Waals surface area contributed by atoms with Gasteiger partial charge in [0.15, 0.2) is 5.78 Å². The first kappa shape index (κ1) is 18.2. The van der Waals surface area contributed by atoms with E-state index in [1.807, 2.05) is 24.3 Å². The Morgan fingerprint density at radius 1 is 1.04 bits per heavy atom. The third-order valence-corrected chi connectivity index (χ3v) is 6.05. The van der Waals surface area contributed by atoms with Crippen LogP contribution in [0.25, 0.3) is 0 Å². The van der Waals surface area contributed by atoms with Gasteiger partial charge in [-0.3, -0.25) is 9.69 Å². The maximum absolute atomic E-state index is 13.1. The molecule has 0 amide bonds. The molecule has 2 aliphatic heterocycles. The van der Waals surface area contributed by atoms with Crippen LogP contribution in [0.15, 0.2) is 54.6 Å². The van der Waals surface area contributed by atoms with Crippen molar-refractivity contribution in [2.24, 2.45) is 5.92 Å². The normalized spacial score (nSPS) is 24.7. The molecule has 2 atom stereocenters. The van der Waals surface area contributed by atoms with Gasteiger partial charge < -0.3 is 4.74 Å². The summed E-state index contributed by atoms with van der Waals surface area (Å²) in [6, 6.07) is 19.5. The first-order valence-corrected chi connectivity index (χ1v) is 10.3. The van der Waals surface area contributed by atoms with Gasteiger partial charge >= 0.3 is 0 Å². The van der Waals surface area contributed by atoms with Crippen molar-refractivity contribution >= 4 is 5.78 Å². The molecule has 2 aromatic carbocycles. The second-order valence-corrected chi connectivity index (χ2v) is 7.95. The molecule has 2 bridgehead atoms. The van der Waals surface area contributed by atoms with Gasteiger partial charge in [-0.15, -0.1) is 0 Å².